The summed E-state index contributed by atoms with van der Waals surface area (Å²) in [5, 5.41) is 3.24. The molecule has 0 saturated heterocycles. The first-order chi connectivity index (χ1) is 7.50. The Hall–Kier alpha value is -0.810. The number of furan rings is 1. The van der Waals surface area contributed by atoms with Gasteiger partial charge in [0.2, 0.25) is 5.91 Å². The van der Waals surface area contributed by atoms with Crippen LogP contribution >= 0.6 is 15.9 Å². The third-order valence-electron chi connectivity index (χ3n) is 2.31. The van der Waals surface area contributed by atoms with Gasteiger partial charge in [-0.3, -0.25) is 4.79 Å². The summed E-state index contributed by atoms with van der Waals surface area (Å²) < 4.78 is 6.13. The lowest BCUT2D eigenvalue weighted by Crippen LogP contribution is -2.27. The fourth-order valence-corrected chi connectivity index (χ4v) is 1.60. The Morgan fingerprint density at radius 3 is 2.75 bits per heavy atom. The van der Waals surface area contributed by atoms with Crippen LogP contribution in [0.4, 0.5) is 0 Å². The van der Waals surface area contributed by atoms with Crippen molar-refractivity contribution in [2.45, 2.75) is 19.4 Å². The van der Waals surface area contributed by atoms with E-state index in [9.17, 15) is 4.79 Å². The summed E-state index contributed by atoms with van der Waals surface area (Å²) in [6.07, 6.45) is 0.499. The quantitative estimate of drug-likeness (QED) is 0.903. The standard InChI is InChI=1S/C11H17BrN2O2/c1-8(9-4-5-10(12)16-9)13-7-6-11(15)14(2)3/h4-5,8,13H,6-7H2,1-3H3. The van der Waals surface area contributed by atoms with Crippen LogP contribution in [0.5, 0.6) is 0 Å². The van der Waals surface area contributed by atoms with Gasteiger partial charge in [-0.2, -0.15) is 0 Å². The van der Waals surface area contributed by atoms with Crippen molar-refractivity contribution in [2.75, 3.05) is 20.6 Å². The minimum absolute atomic E-state index is 0.112. The molecule has 0 fully saturated rings. The highest BCUT2D eigenvalue weighted by Gasteiger charge is 2.10. The molecule has 0 aliphatic heterocycles. The van der Waals surface area contributed by atoms with Gasteiger partial charge in [0, 0.05) is 27.1 Å². The first kappa shape index (κ1) is 13.3. The van der Waals surface area contributed by atoms with Crippen LogP contribution in [0, 0.1) is 0 Å². The van der Waals surface area contributed by atoms with Crippen molar-refractivity contribution in [3.05, 3.63) is 22.6 Å². The summed E-state index contributed by atoms with van der Waals surface area (Å²) in [6, 6.07) is 3.88. The second-order valence-corrected chi connectivity index (χ2v) is 4.64. The Bertz CT molecular complexity index is 350. The molecule has 0 radical (unpaired) electrons. The molecule has 1 heterocycles. The van der Waals surface area contributed by atoms with Gasteiger partial charge in [-0.05, 0) is 35.0 Å². The van der Waals surface area contributed by atoms with Gasteiger partial charge in [0.15, 0.2) is 4.67 Å². The topological polar surface area (TPSA) is 45.5 Å². The minimum atomic E-state index is 0.112. The van der Waals surface area contributed by atoms with E-state index in [-0.39, 0.29) is 11.9 Å². The van der Waals surface area contributed by atoms with Crippen molar-refractivity contribution in [3.63, 3.8) is 0 Å². The van der Waals surface area contributed by atoms with Crippen molar-refractivity contribution in [3.8, 4) is 0 Å². The molecule has 16 heavy (non-hydrogen) atoms. The number of hydrogen-bond acceptors (Lipinski definition) is 3. The van der Waals surface area contributed by atoms with Crippen LogP contribution in [0.15, 0.2) is 21.2 Å². The normalized spacial score (nSPS) is 12.5. The average molecular weight is 289 g/mol. The van der Waals surface area contributed by atoms with Crippen LogP contribution < -0.4 is 5.32 Å². The zero-order valence-corrected chi connectivity index (χ0v) is 11.4. The summed E-state index contributed by atoms with van der Waals surface area (Å²) in [5.74, 6) is 0.990. The van der Waals surface area contributed by atoms with E-state index in [0.29, 0.717) is 13.0 Å². The van der Waals surface area contributed by atoms with E-state index >= 15 is 0 Å². The third-order valence-corrected chi connectivity index (χ3v) is 2.74. The fraction of sp³-hybridized carbons (Fsp3) is 0.545. The Morgan fingerprint density at radius 2 is 2.25 bits per heavy atom. The van der Waals surface area contributed by atoms with Gasteiger partial charge in [0.1, 0.15) is 5.76 Å². The number of hydrogen-bond donors (Lipinski definition) is 1. The second kappa shape index (κ2) is 6.06. The maximum absolute atomic E-state index is 11.3. The van der Waals surface area contributed by atoms with E-state index < -0.39 is 0 Å². The molecular formula is C11H17BrN2O2. The summed E-state index contributed by atoms with van der Waals surface area (Å²) in [5.41, 5.74) is 0. The molecule has 0 aliphatic carbocycles. The number of amides is 1. The van der Waals surface area contributed by atoms with Crippen molar-refractivity contribution >= 4 is 21.8 Å². The number of nitrogens with zero attached hydrogens (tertiary/aromatic N) is 1. The van der Waals surface area contributed by atoms with Gasteiger partial charge >= 0.3 is 0 Å². The number of carbonyl (C=O) groups excluding carboxylic acids is 1. The molecule has 90 valence electrons. The first-order valence-corrected chi connectivity index (χ1v) is 5.98. The average Bonchev–Trinajstić information content (AvgIpc) is 2.64. The smallest absolute Gasteiger partial charge is 0.223 e. The van der Waals surface area contributed by atoms with Crippen LogP contribution in [0.25, 0.3) is 0 Å². The van der Waals surface area contributed by atoms with Crippen LogP contribution in [0.1, 0.15) is 25.1 Å². The van der Waals surface area contributed by atoms with Crippen LogP contribution in [0.3, 0.4) is 0 Å². The van der Waals surface area contributed by atoms with E-state index in [1.807, 2.05) is 19.1 Å². The van der Waals surface area contributed by atoms with Crippen molar-refractivity contribution in [1.29, 1.82) is 0 Å². The molecule has 1 aromatic rings. The highest BCUT2D eigenvalue weighted by atomic mass is 79.9. The molecular weight excluding hydrogens is 272 g/mol. The minimum Gasteiger partial charge on any atom is -0.453 e. The Morgan fingerprint density at radius 1 is 1.56 bits per heavy atom. The second-order valence-electron chi connectivity index (χ2n) is 3.86. The molecule has 0 saturated carbocycles. The Labute approximate surface area is 104 Å². The molecule has 1 atom stereocenters. The van der Waals surface area contributed by atoms with Crippen molar-refractivity contribution < 1.29 is 9.21 Å². The summed E-state index contributed by atoms with van der Waals surface area (Å²) in [6.45, 7) is 2.65. The van der Waals surface area contributed by atoms with Crippen LogP contribution in [-0.2, 0) is 4.79 Å². The fourth-order valence-electron chi connectivity index (χ4n) is 1.28. The Balaban J connectivity index is 2.31. The molecule has 0 aliphatic rings. The molecule has 0 spiro atoms. The molecule has 0 bridgehead atoms. The molecule has 1 aromatic heterocycles. The Kier molecular flexibility index (Phi) is 5.02. The third kappa shape index (κ3) is 3.98. The molecule has 1 amide bonds. The van der Waals surface area contributed by atoms with E-state index in [4.69, 9.17) is 4.42 Å². The number of rotatable bonds is 5. The van der Waals surface area contributed by atoms with Crippen molar-refractivity contribution in [1.82, 2.24) is 10.2 Å². The van der Waals surface area contributed by atoms with Gasteiger partial charge in [-0.15, -0.1) is 0 Å². The monoisotopic (exact) mass is 288 g/mol. The molecule has 1 unspecified atom stereocenters. The maximum Gasteiger partial charge on any atom is 0.223 e. The number of carbonyl (C=O) groups is 1. The molecule has 1 N–H and O–H groups in total. The zero-order chi connectivity index (χ0) is 12.1. The van der Waals surface area contributed by atoms with E-state index in [0.717, 1.165) is 10.4 Å². The maximum atomic E-state index is 11.3. The zero-order valence-electron chi connectivity index (χ0n) is 9.79. The van der Waals surface area contributed by atoms with Crippen LogP contribution in [0.2, 0.25) is 0 Å². The predicted octanol–water partition coefficient (Wildman–Crippen LogP) is 2.17. The highest BCUT2D eigenvalue weighted by molar-refractivity contribution is 9.10. The van der Waals surface area contributed by atoms with Gasteiger partial charge in [0.05, 0.1) is 6.04 Å². The molecule has 5 heteroatoms. The SMILES string of the molecule is CC(NCCC(=O)N(C)C)c1ccc(Br)o1. The molecule has 1 rings (SSSR count). The lowest BCUT2D eigenvalue weighted by molar-refractivity contribution is -0.128. The van der Waals surface area contributed by atoms with Crippen molar-refractivity contribution in [2.24, 2.45) is 0 Å². The van der Waals surface area contributed by atoms with E-state index in [1.165, 1.54) is 0 Å². The largest absolute Gasteiger partial charge is 0.453 e. The van der Waals surface area contributed by atoms with E-state index in [1.54, 1.807) is 19.0 Å². The van der Waals surface area contributed by atoms with E-state index in [2.05, 4.69) is 21.2 Å². The lowest BCUT2D eigenvalue weighted by atomic mass is 10.2. The highest BCUT2D eigenvalue weighted by Crippen LogP contribution is 2.19. The van der Waals surface area contributed by atoms with Gasteiger partial charge < -0.3 is 14.6 Å². The number of halogens is 1. The number of nitrogens with one attached hydrogen (secondary N) is 1. The molecule has 0 aromatic carbocycles. The van der Waals surface area contributed by atoms with Gasteiger partial charge in [0.25, 0.3) is 0 Å². The lowest BCUT2D eigenvalue weighted by Gasteiger charge is -2.13. The van der Waals surface area contributed by atoms with Gasteiger partial charge in [-0.1, -0.05) is 0 Å². The molecule has 4 nitrogen and oxygen atoms in total. The summed E-state index contributed by atoms with van der Waals surface area (Å²) in [4.78, 5) is 12.9. The summed E-state index contributed by atoms with van der Waals surface area (Å²) in [7, 11) is 3.52. The van der Waals surface area contributed by atoms with Gasteiger partial charge in [-0.25, -0.2) is 0 Å². The summed E-state index contributed by atoms with van der Waals surface area (Å²) >= 11 is 3.26. The first-order valence-electron chi connectivity index (χ1n) is 5.19. The predicted molar refractivity (Wildman–Crippen MR) is 66.1 cm³/mol. The van der Waals surface area contributed by atoms with Crippen LogP contribution in [-0.4, -0.2) is 31.4 Å².